The molecule has 1 unspecified atom stereocenters. The lowest BCUT2D eigenvalue weighted by molar-refractivity contribution is 0.0795. The lowest BCUT2D eigenvalue weighted by Gasteiger charge is -2.18. The Labute approximate surface area is 141 Å². The van der Waals surface area contributed by atoms with Gasteiger partial charge in [0.15, 0.2) is 0 Å². The van der Waals surface area contributed by atoms with E-state index in [4.69, 9.17) is 4.98 Å². The standard InChI is InChI=1S/C18H23N3OS/c1-12-6-8-23-17(12)18(22)21-7-5-14(11-21)16-10-15(20(3)4)9-13(2)19-16/h6,8-10,14H,5,7,11H2,1-4H3. The van der Waals surface area contributed by atoms with Crippen LogP contribution >= 0.6 is 11.3 Å². The van der Waals surface area contributed by atoms with Crippen LogP contribution in [0.25, 0.3) is 0 Å². The minimum Gasteiger partial charge on any atom is -0.378 e. The number of carbonyl (C=O) groups is 1. The largest absolute Gasteiger partial charge is 0.378 e. The van der Waals surface area contributed by atoms with Gasteiger partial charge in [0, 0.05) is 50.2 Å². The number of rotatable bonds is 3. The summed E-state index contributed by atoms with van der Waals surface area (Å²) in [4.78, 5) is 22.3. The van der Waals surface area contributed by atoms with E-state index in [0.717, 1.165) is 41.3 Å². The minimum atomic E-state index is 0.167. The normalized spacial score (nSPS) is 17.6. The molecule has 1 saturated heterocycles. The van der Waals surface area contributed by atoms with Gasteiger partial charge in [-0.2, -0.15) is 0 Å². The predicted molar refractivity (Wildman–Crippen MR) is 95.6 cm³/mol. The monoisotopic (exact) mass is 329 g/mol. The van der Waals surface area contributed by atoms with Crippen molar-refractivity contribution in [2.75, 3.05) is 32.1 Å². The van der Waals surface area contributed by atoms with Crippen molar-refractivity contribution >= 4 is 22.9 Å². The van der Waals surface area contributed by atoms with Gasteiger partial charge in [-0.3, -0.25) is 9.78 Å². The number of likely N-dealkylation sites (tertiary alicyclic amines) is 1. The number of thiophene rings is 1. The van der Waals surface area contributed by atoms with Crippen LogP contribution in [0.5, 0.6) is 0 Å². The Balaban J connectivity index is 1.78. The van der Waals surface area contributed by atoms with Crippen molar-refractivity contribution in [2.45, 2.75) is 26.2 Å². The number of nitrogens with zero attached hydrogens (tertiary/aromatic N) is 3. The Morgan fingerprint density at radius 3 is 2.78 bits per heavy atom. The van der Waals surface area contributed by atoms with Crippen molar-refractivity contribution in [1.82, 2.24) is 9.88 Å². The molecule has 0 aromatic carbocycles. The van der Waals surface area contributed by atoms with Gasteiger partial charge in [0.05, 0.1) is 4.88 Å². The molecule has 3 rings (SSSR count). The lowest BCUT2D eigenvalue weighted by Crippen LogP contribution is -2.28. The molecule has 1 aliphatic rings. The second-order valence-corrected chi connectivity index (χ2v) is 7.37. The number of hydrogen-bond donors (Lipinski definition) is 0. The van der Waals surface area contributed by atoms with Crippen molar-refractivity contribution in [3.8, 4) is 0 Å². The smallest absolute Gasteiger partial charge is 0.264 e. The van der Waals surface area contributed by atoms with E-state index in [1.807, 2.05) is 44.3 Å². The highest BCUT2D eigenvalue weighted by atomic mass is 32.1. The molecule has 0 spiro atoms. The summed E-state index contributed by atoms with van der Waals surface area (Å²) in [7, 11) is 4.09. The molecule has 23 heavy (non-hydrogen) atoms. The number of carbonyl (C=O) groups excluding carboxylic acids is 1. The van der Waals surface area contributed by atoms with Crippen LogP contribution in [0.15, 0.2) is 23.6 Å². The van der Waals surface area contributed by atoms with Gasteiger partial charge in [-0.15, -0.1) is 11.3 Å². The second-order valence-electron chi connectivity index (χ2n) is 6.46. The second kappa shape index (κ2) is 6.32. The predicted octanol–water partition coefficient (Wildman–Crippen LogP) is 3.46. The molecular weight excluding hydrogens is 306 g/mol. The van der Waals surface area contributed by atoms with Crippen LogP contribution in [0.4, 0.5) is 5.69 Å². The van der Waals surface area contributed by atoms with Gasteiger partial charge >= 0.3 is 0 Å². The Morgan fingerprint density at radius 1 is 1.35 bits per heavy atom. The third kappa shape index (κ3) is 3.24. The number of aromatic nitrogens is 1. The van der Waals surface area contributed by atoms with Gasteiger partial charge in [-0.25, -0.2) is 0 Å². The molecule has 3 heterocycles. The summed E-state index contributed by atoms with van der Waals surface area (Å²) in [6.45, 7) is 5.61. The van der Waals surface area contributed by atoms with Crippen molar-refractivity contribution < 1.29 is 4.79 Å². The third-order valence-electron chi connectivity index (χ3n) is 4.42. The maximum absolute atomic E-state index is 12.7. The summed E-state index contributed by atoms with van der Waals surface area (Å²) >= 11 is 1.54. The first-order chi connectivity index (χ1) is 11.0. The minimum absolute atomic E-state index is 0.167. The van der Waals surface area contributed by atoms with E-state index in [1.54, 1.807) is 0 Å². The summed E-state index contributed by atoms with van der Waals surface area (Å²) < 4.78 is 0. The molecule has 122 valence electrons. The first-order valence-corrected chi connectivity index (χ1v) is 8.83. The van der Waals surface area contributed by atoms with Crippen LogP contribution in [-0.4, -0.2) is 43.0 Å². The zero-order valence-electron chi connectivity index (χ0n) is 14.2. The summed E-state index contributed by atoms with van der Waals surface area (Å²) in [5.74, 6) is 0.498. The summed E-state index contributed by atoms with van der Waals surface area (Å²) in [6, 6.07) is 6.26. The first kappa shape index (κ1) is 16.0. The molecule has 5 heteroatoms. The Kier molecular flexibility index (Phi) is 4.39. The fourth-order valence-corrected chi connectivity index (χ4v) is 3.96. The van der Waals surface area contributed by atoms with E-state index in [2.05, 4.69) is 17.0 Å². The van der Waals surface area contributed by atoms with Gasteiger partial charge in [-0.05, 0) is 49.4 Å². The van der Waals surface area contributed by atoms with Crippen LogP contribution in [-0.2, 0) is 0 Å². The van der Waals surface area contributed by atoms with Crippen LogP contribution in [0.3, 0.4) is 0 Å². The zero-order valence-corrected chi connectivity index (χ0v) is 15.0. The maximum atomic E-state index is 12.7. The molecule has 1 fully saturated rings. The third-order valence-corrected chi connectivity index (χ3v) is 5.43. The van der Waals surface area contributed by atoms with E-state index in [1.165, 1.54) is 17.0 Å². The summed E-state index contributed by atoms with van der Waals surface area (Å²) in [5.41, 5.74) is 4.38. The van der Waals surface area contributed by atoms with Crippen molar-refractivity contribution in [3.05, 3.63) is 45.4 Å². The first-order valence-electron chi connectivity index (χ1n) is 7.95. The molecule has 0 bridgehead atoms. The topological polar surface area (TPSA) is 36.4 Å². The molecule has 0 radical (unpaired) electrons. The van der Waals surface area contributed by atoms with E-state index < -0.39 is 0 Å². The lowest BCUT2D eigenvalue weighted by atomic mass is 10.0. The average molecular weight is 329 g/mol. The molecule has 0 saturated carbocycles. The SMILES string of the molecule is Cc1cc(N(C)C)cc(C2CCN(C(=O)c3sccc3C)C2)n1. The van der Waals surface area contributed by atoms with Crippen molar-refractivity contribution in [3.63, 3.8) is 0 Å². The number of pyridine rings is 1. The Morgan fingerprint density at radius 2 is 2.13 bits per heavy atom. The summed E-state index contributed by atoms with van der Waals surface area (Å²) in [6.07, 6.45) is 0.986. The number of hydrogen-bond acceptors (Lipinski definition) is 4. The molecule has 4 nitrogen and oxygen atoms in total. The number of amides is 1. The van der Waals surface area contributed by atoms with Gasteiger partial charge < -0.3 is 9.80 Å². The maximum Gasteiger partial charge on any atom is 0.264 e. The molecule has 1 atom stereocenters. The Hall–Kier alpha value is -1.88. The quantitative estimate of drug-likeness (QED) is 0.865. The van der Waals surface area contributed by atoms with Crippen molar-refractivity contribution in [1.29, 1.82) is 0 Å². The highest BCUT2D eigenvalue weighted by molar-refractivity contribution is 7.12. The zero-order chi connectivity index (χ0) is 16.6. The summed E-state index contributed by atoms with van der Waals surface area (Å²) in [5, 5.41) is 1.99. The molecule has 2 aromatic heterocycles. The average Bonchev–Trinajstić information content (AvgIpc) is 3.14. The molecule has 0 N–H and O–H groups in total. The van der Waals surface area contributed by atoms with Crippen LogP contribution < -0.4 is 4.90 Å². The van der Waals surface area contributed by atoms with Gasteiger partial charge in [0.1, 0.15) is 0 Å². The highest BCUT2D eigenvalue weighted by Crippen LogP contribution is 2.30. The molecule has 2 aromatic rings. The van der Waals surface area contributed by atoms with Gasteiger partial charge in [-0.1, -0.05) is 0 Å². The fraction of sp³-hybridized carbons (Fsp3) is 0.444. The van der Waals surface area contributed by atoms with Gasteiger partial charge in [0.25, 0.3) is 5.91 Å². The van der Waals surface area contributed by atoms with Gasteiger partial charge in [0.2, 0.25) is 0 Å². The number of anilines is 1. The Bertz CT molecular complexity index is 723. The van der Waals surface area contributed by atoms with E-state index in [0.29, 0.717) is 5.92 Å². The van der Waals surface area contributed by atoms with Crippen molar-refractivity contribution in [2.24, 2.45) is 0 Å². The fourth-order valence-electron chi connectivity index (χ4n) is 3.06. The number of aryl methyl sites for hydroxylation is 2. The van der Waals surface area contributed by atoms with E-state index in [-0.39, 0.29) is 5.91 Å². The highest BCUT2D eigenvalue weighted by Gasteiger charge is 2.30. The molecule has 1 aliphatic heterocycles. The molecule has 1 amide bonds. The van der Waals surface area contributed by atoms with Crippen LogP contribution in [0.1, 0.15) is 39.0 Å². The molecular formula is C18H23N3OS. The van der Waals surface area contributed by atoms with Crippen LogP contribution in [0, 0.1) is 13.8 Å². The van der Waals surface area contributed by atoms with E-state index in [9.17, 15) is 4.79 Å². The molecule has 0 aliphatic carbocycles. The van der Waals surface area contributed by atoms with E-state index >= 15 is 0 Å². The van der Waals surface area contributed by atoms with Crippen LogP contribution in [0.2, 0.25) is 0 Å².